The van der Waals surface area contributed by atoms with Gasteiger partial charge in [-0.25, -0.2) is 17.8 Å². The summed E-state index contributed by atoms with van der Waals surface area (Å²) in [6, 6.07) is 8.08. The van der Waals surface area contributed by atoms with E-state index in [2.05, 4.69) is 20.9 Å². The lowest BCUT2D eigenvalue weighted by molar-refractivity contribution is 0.599. The molecule has 6 nitrogen and oxygen atoms in total. The minimum absolute atomic E-state index is 0.0716. The highest BCUT2D eigenvalue weighted by Crippen LogP contribution is 2.30. The summed E-state index contributed by atoms with van der Waals surface area (Å²) >= 11 is 0. The zero-order valence-corrected chi connectivity index (χ0v) is 18.0. The van der Waals surface area contributed by atoms with E-state index in [1.165, 1.54) is 6.33 Å². The molecule has 0 fully saturated rings. The fourth-order valence-corrected chi connectivity index (χ4v) is 5.00. The molecule has 0 saturated heterocycles. The first-order valence-corrected chi connectivity index (χ1v) is 10.6. The van der Waals surface area contributed by atoms with Crippen molar-refractivity contribution in [2.24, 2.45) is 0 Å². The lowest BCUT2D eigenvalue weighted by atomic mass is 9.95. The molecule has 0 aliphatic rings. The summed E-state index contributed by atoms with van der Waals surface area (Å²) in [5.74, 6) is 0.0716. The summed E-state index contributed by atoms with van der Waals surface area (Å²) in [7, 11) is -3.79. The number of sulfonamides is 1. The molecule has 3 rings (SSSR count). The van der Waals surface area contributed by atoms with Crippen LogP contribution in [0.1, 0.15) is 38.9 Å². The predicted molar refractivity (Wildman–Crippen MR) is 111 cm³/mol. The Kier molecular flexibility index (Phi) is 5.30. The average Bonchev–Trinajstić information content (AvgIpc) is 3.04. The summed E-state index contributed by atoms with van der Waals surface area (Å²) in [6.07, 6.45) is 1.53. The Morgan fingerprint density at radius 2 is 1.54 bits per heavy atom. The van der Waals surface area contributed by atoms with Crippen LogP contribution in [0, 0.1) is 41.5 Å². The van der Waals surface area contributed by atoms with Gasteiger partial charge in [0.05, 0.1) is 11.4 Å². The molecule has 7 heteroatoms. The van der Waals surface area contributed by atoms with E-state index in [1.54, 1.807) is 4.68 Å². The minimum Gasteiger partial charge on any atom is -0.246 e. The zero-order chi connectivity index (χ0) is 20.6. The molecule has 0 aliphatic heterocycles. The van der Waals surface area contributed by atoms with Crippen molar-refractivity contribution < 1.29 is 8.42 Å². The van der Waals surface area contributed by atoms with Crippen molar-refractivity contribution in [2.75, 3.05) is 4.72 Å². The monoisotopic (exact) mass is 398 g/mol. The van der Waals surface area contributed by atoms with Crippen LogP contribution in [-0.4, -0.2) is 23.2 Å². The maximum Gasteiger partial charge on any atom is 0.264 e. The lowest BCUT2D eigenvalue weighted by Gasteiger charge is -2.18. The van der Waals surface area contributed by atoms with Gasteiger partial charge in [-0.3, -0.25) is 0 Å². The highest BCUT2D eigenvalue weighted by molar-refractivity contribution is 7.92. The third-order valence-electron chi connectivity index (χ3n) is 5.39. The first-order valence-electron chi connectivity index (χ1n) is 9.15. The molecule has 0 aliphatic carbocycles. The average molecular weight is 399 g/mol. The second-order valence-electron chi connectivity index (χ2n) is 7.31. The number of aryl methyl sites for hydroxylation is 1. The van der Waals surface area contributed by atoms with Crippen LogP contribution >= 0.6 is 0 Å². The summed E-state index contributed by atoms with van der Waals surface area (Å²) < 4.78 is 30.3. The van der Waals surface area contributed by atoms with Gasteiger partial charge < -0.3 is 0 Å². The summed E-state index contributed by atoms with van der Waals surface area (Å²) in [4.78, 5) is 4.44. The van der Waals surface area contributed by atoms with Crippen molar-refractivity contribution >= 4 is 16.0 Å². The Morgan fingerprint density at radius 3 is 2.14 bits per heavy atom. The topological polar surface area (TPSA) is 76.9 Å². The van der Waals surface area contributed by atoms with Crippen molar-refractivity contribution in [3.05, 3.63) is 69.5 Å². The number of benzene rings is 2. The maximum absolute atomic E-state index is 13.1. The predicted octanol–water partition coefficient (Wildman–Crippen LogP) is 3.98. The van der Waals surface area contributed by atoms with Crippen LogP contribution in [0.4, 0.5) is 5.95 Å². The standard InChI is InChI=1S/C21H26N4O2S/c1-13-8-7-9-19(10-13)11-25-12-22-21(23-25)24-28(26,27)20-17(5)15(3)14(2)16(4)18(20)6/h7-10,12H,11H2,1-6H3,(H,23,24). The number of nitrogens with zero attached hydrogens (tertiary/aromatic N) is 3. The van der Waals surface area contributed by atoms with Crippen molar-refractivity contribution in [2.45, 2.75) is 53.0 Å². The van der Waals surface area contributed by atoms with Crippen LogP contribution in [0.5, 0.6) is 0 Å². The van der Waals surface area contributed by atoms with Crippen molar-refractivity contribution in [3.63, 3.8) is 0 Å². The number of rotatable bonds is 5. The van der Waals surface area contributed by atoms with Gasteiger partial charge in [-0.15, -0.1) is 5.10 Å². The summed E-state index contributed by atoms with van der Waals surface area (Å²) in [6.45, 7) is 12.1. The van der Waals surface area contributed by atoms with E-state index in [9.17, 15) is 8.42 Å². The van der Waals surface area contributed by atoms with E-state index in [1.807, 2.05) is 59.7 Å². The largest absolute Gasteiger partial charge is 0.264 e. The van der Waals surface area contributed by atoms with E-state index in [0.717, 1.165) is 38.9 Å². The van der Waals surface area contributed by atoms with Gasteiger partial charge in [-0.1, -0.05) is 29.8 Å². The number of hydrogen-bond acceptors (Lipinski definition) is 4. The molecule has 2 aromatic carbocycles. The molecule has 0 radical (unpaired) electrons. The molecule has 0 amide bonds. The summed E-state index contributed by atoms with van der Waals surface area (Å²) in [5.41, 5.74) is 6.85. The van der Waals surface area contributed by atoms with Gasteiger partial charge in [0.15, 0.2) is 0 Å². The van der Waals surface area contributed by atoms with Crippen molar-refractivity contribution in [3.8, 4) is 0 Å². The molecule has 1 N–H and O–H groups in total. The fourth-order valence-electron chi connectivity index (χ4n) is 3.46. The molecular formula is C21H26N4O2S. The maximum atomic E-state index is 13.1. The second kappa shape index (κ2) is 7.39. The second-order valence-corrected chi connectivity index (χ2v) is 8.93. The lowest BCUT2D eigenvalue weighted by Crippen LogP contribution is -2.18. The number of anilines is 1. The Balaban J connectivity index is 1.89. The molecule has 0 atom stereocenters. The van der Waals surface area contributed by atoms with Crippen LogP contribution < -0.4 is 4.72 Å². The van der Waals surface area contributed by atoms with E-state index >= 15 is 0 Å². The normalized spacial score (nSPS) is 11.6. The summed E-state index contributed by atoms with van der Waals surface area (Å²) in [5, 5.41) is 4.28. The molecule has 28 heavy (non-hydrogen) atoms. The molecule has 0 bridgehead atoms. The Hall–Kier alpha value is -2.67. The van der Waals surface area contributed by atoms with Crippen molar-refractivity contribution in [1.82, 2.24) is 14.8 Å². The number of hydrogen-bond donors (Lipinski definition) is 1. The number of aromatic nitrogens is 3. The van der Waals surface area contributed by atoms with Gasteiger partial charge in [-0.2, -0.15) is 4.98 Å². The first kappa shape index (κ1) is 20.1. The zero-order valence-electron chi connectivity index (χ0n) is 17.2. The van der Waals surface area contributed by atoms with E-state index in [0.29, 0.717) is 11.4 Å². The van der Waals surface area contributed by atoms with Crippen LogP contribution in [0.2, 0.25) is 0 Å². The minimum atomic E-state index is -3.79. The van der Waals surface area contributed by atoms with Crippen LogP contribution in [0.3, 0.4) is 0 Å². The third kappa shape index (κ3) is 3.80. The van der Waals surface area contributed by atoms with Crippen LogP contribution in [0.15, 0.2) is 35.5 Å². The Bertz CT molecular complexity index is 1120. The fraction of sp³-hybridized carbons (Fsp3) is 0.333. The Labute approximate surface area is 166 Å². The van der Waals surface area contributed by atoms with Gasteiger partial charge >= 0.3 is 0 Å². The van der Waals surface area contributed by atoms with Gasteiger partial charge in [0.2, 0.25) is 0 Å². The molecule has 0 unspecified atom stereocenters. The molecule has 1 aromatic heterocycles. The molecular weight excluding hydrogens is 372 g/mol. The van der Waals surface area contributed by atoms with E-state index in [-0.39, 0.29) is 5.95 Å². The smallest absolute Gasteiger partial charge is 0.246 e. The van der Waals surface area contributed by atoms with Crippen molar-refractivity contribution in [1.29, 1.82) is 0 Å². The van der Waals surface area contributed by atoms with Gasteiger partial charge in [-0.05, 0) is 74.9 Å². The van der Waals surface area contributed by atoms with E-state index in [4.69, 9.17) is 0 Å². The molecule has 1 heterocycles. The molecule has 3 aromatic rings. The van der Waals surface area contributed by atoms with Crippen LogP contribution in [0.25, 0.3) is 0 Å². The number of nitrogens with one attached hydrogen (secondary N) is 1. The Morgan fingerprint density at radius 1 is 0.929 bits per heavy atom. The first-order chi connectivity index (χ1) is 13.1. The quantitative estimate of drug-likeness (QED) is 0.705. The third-order valence-corrected chi connectivity index (χ3v) is 6.99. The van der Waals surface area contributed by atoms with Gasteiger partial charge in [0.25, 0.3) is 16.0 Å². The SMILES string of the molecule is Cc1cccc(Cn2cnc(NS(=O)(=O)c3c(C)c(C)c(C)c(C)c3C)n2)c1. The van der Waals surface area contributed by atoms with Gasteiger partial charge in [0, 0.05) is 0 Å². The van der Waals surface area contributed by atoms with Crippen LogP contribution in [-0.2, 0) is 16.6 Å². The molecule has 148 valence electrons. The molecule has 0 saturated carbocycles. The van der Waals surface area contributed by atoms with E-state index < -0.39 is 10.0 Å². The highest BCUT2D eigenvalue weighted by atomic mass is 32.2. The highest BCUT2D eigenvalue weighted by Gasteiger charge is 2.24. The van der Waals surface area contributed by atoms with Gasteiger partial charge in [0.1, 0.15) is 6.33 Å². The molecule has 0 spiro atoms.